The Bertz CT molecular complexity index is 967. The van der Waals surface area contributed by atoms with Crippen molar-refractivity contribution in [2.75, 3.05) is 16.4 Å². The predicted octanol–water partition coefficient (Wildman–Crippen LogP) is 2.51. The molecule has 2 aliphatic rings. The molecule has 1 aromatic carbocycles. The van der Waals surface area contributed by atoms with Crippen molar-refractivity contribution in [2.45, 2.75) is 57.6 Å². The van der Waals surface area contributed by atoms with Gasteiger partial charge < -0.3 is 15.0 Å². The standard InChI is InChI=1S/C20H27N3O5S2/c1-12-6-8-14(9-7-12)23-15-10-30(26,27)11-16(15)29-18(23)22-17(24)13(2)21-19(25)28-20(3,4)5/h6-9,13,15-16H,10-11H2,1-5H3,(H,21,25)/t13-,15-,16+/m1/s1. The Labute approximate surface area is 181 Å². The van der Waals surface area contributed by atoms with E-state index in [9.17, 15) is 18.0 Å². The maximum absolute atomic E-state index is 12.7. The van der Waals surface area contributed by atoms with E-state index in [1.54, 1.807) is 20.8 Å². The van der Waals surface area contributed by atoms with Crippen molar-refractivity contribution in [3.05, 3.63) is 29.8 Å². The average molecular weight is 454 g/mol. The fourth-order valence-corrected chi connectivity index (χ4v) is 7.23. The van der Waals surface area contributed by atoms with Gasteiger partial charge in [-0.15, -0.1) is 0 Å². The number of sulfone groups is 1. The first-order chi connectivity index (χ1) is 13.8. The molecule has 2 heterocycles. The van der Waals surface area contributed by atoms with Gasteiger partial charge >= 0.3 is 6.09 Å². The summed E-state index contributed by atoms with van der Waals surface area (Å²) in [4.78, 5) is 30.7. The maximum atomic E-state index is 12.7. The minimum Gasteiger partial charge on any atom is -0.444 e. The van der Waals surface area contributed by atoms with Crippen molar-refractivity contribution in [2.24, 2.45) is 4.99 Å². The molecule has 30 heavy (non-hydrogen) atoms. The highest BCUT2D eigenvalue weighted by Crippen LogP contribution is 2.41. The van der Waals surface area contributed by atoms with Crippen molar-refractivity contribution in [3.8, 4) is 0 Å². The number of nitrogens with one attached hydrogen (secondary N) is 1. The number of anilines is 1. The van der Waals surface area contributed by atoms with Crippen LogP contribution >= 0.6 is 11.8 Å². The van der Waals surface area contributed by atoms with Gasteiger partial charge in [-0.05, 0) is 46.8 Å². The zero-order valence-electron chi connectivity index (χ0n) is 17.7. The number of fused-ring (bicyclic) bond motifs is 1. The van der Waals surface area contributed by atoms with Crippen LogP contribution in [0.4, 0.5) is 10.5 Å². The Morgan fingerprint density at radius 2 is 1.87 bits per heavy atom. The molecule has 1 aromatic rings. The summed E-state index contributed by atoms with van der Waals surface area (Å²) in [5, 5.41) is 2.76. The second kappa shape index (κ2) is 8.22. The van der Waals surface area contributed by atoms with Crippen LogP contribution in [-0.2, 0) is 19.4 Å². The van der Waals surface area contributed by atoms with Crippen LogP contribution in [0.25, 0.3) is 0 Å². The van der Waals surface area contributed by atoms with Gasteiger partial charge in [0.15, 0.2) is 15.0 Å². The van der Waals surface area contributed by atoms with Crippen molar-refractivity contribution in [3.63, 3.8) is 0 Å². The van der Waals surface area contributed by atoms with E-state index in [0.29, 0.717) is 5.17 Å². The number of amidine groups is 1. The van der Waals surface area contributed by atoms with E-state index in [4.69, 9.17) is 4.74 Å². The van der Waals surface area contributed by atoms with E-state index in [0.717, 1.165) is 11.3 Å². The Balaban J connectivity index is 1.82. The fourth-order valence-electron chi connectivity index (χ4n) is 3.31. The first kappa shape index (κ1) is 22.6. The molecule has 0 unspecified atom stereocenters. The Morgan fingerprint density at radius 3 is 2.47 bits per heavy atom. The highest BCUT2D eigenvalue weighted by Gasteiger charge is 2.49. The Hall–Kier alpha value is -2.07. The third-order valence-corrected chi connectivity index (χ3v) is 7.90. The van der Waals surface area contributed by atoms with E-state index in [2.05, 4.69) is 10.3 Å². The molecule has 3 rings (SSSR count). The summed E-state index contributed by atoms with van der Waals surface area (Å²) in [7, 11) is -3.13. The lowest BCUT2D eigenvalue weighted by Gasteiger charge is -2.25. The number of hydrogen-bond donors (Lipinski definition) is 1. The van der Waals surface area contributed by atoms with Gasteiger partial charge in [0.05, 0.1) is 17.5 Å². The molecule has 10 heteroatoms. The number of rotatable bonds is 3. The molecule has 0 spiro atoms. The molecule has 3 atom stereocenters. The van der Waals surface area contributed by atoms with Gasteiger partial charge in [-0.3, -0.25) is 4.79 Å². The van der Waals surface area contributed by atoms with Crippen molar-refractivity contribution in [1.29, 1.82) is 0 Å². The van der Waals surface area contributed by atoms with Gasteiger partial charge in [-0.1, -0.05) is 29.5 Å². The number of carbonyl (C=O) groups excluding carboxylic acids is 2. The molecule has 0 radical (unpaired) electrons. The summed E-state index contributed by atoms with van der Waals surface area (Å²) in [6, 6.07) is 6.50. The lowest BCUT2D eigenvalue weighted by molar-refractivity contribution is -0.119. The number of thioether (sulfide) groups is 1. The third kappa shape index (κ3) is 5.34. The molecule has 0 bridgehead atoms. The van der Waals surface area contributed by atoms with Gasteiger partial charge in [-0.25, -0.2) is 13.2 Å². The molecule has 0 aromatic heterocycles. The molecule has 1 N–H and O–H groups in total. The van der Waals surface area contributed by atoms with E-state index >= 15 is 0 Å². The summed E-state index contributed by atoms with van der Waals surface area (Å²) in [6.07, 6.45) is -0.694. The number of aryl methyl sites for hydroxylation is 1. The summed E-state index contributed by atoms with van der Waals surface area (Å²) >= 11 is 1.30. The number of ether oxygens (including phenoxy) is 1. The predicted molar refractivity (Wildman–Crippen MR) is 119 cm³/mol. The van der Waals surface area contributed by atoms with Crippen LogP contribution in [0.3, 0.4) is 0 Å². The number of carbonyl (C=O) groups is 2. The minimum atomic E-state index is -3.13. The van der Waals surface area contributed by atoms with Crippen LogP contribution in [0.1, 0.15) is 33.3 Å². The normalized spacial score (nSPS) is 25.1. The quantitative estimate of drug-likeness (QED) is 0.750. The molecule has 0 aliphatic carbocycles. The molecule has 2 fully saturated rings. The molecular weight excluding hydrogens is 426 g/mol. The van der Waals surface area contributed by atoms with Gasteiger partial charge in [0.2, 0.25) is 0 Å². The second-order valence-corrected chi connectivity index (χ2v) is 12.0. The third-order valence-electron chi connectivity index (χ3n) is 4.69. The van der Waals surface area contributed by atoms with E-state index in [1.165, 1.54) is 18.7 Å². The SMILES string of the molecule is Cc1ccc(N2C(=NC(=O)[C@@H](C)NC(=O)OC(C)(C)C)S[C@H]3CS(=O)(=O)C[C@H]32)cc1. The summed E-state index contributed by atoms with van der Waals surface area (Å²) in [5.74, 6) is -0.440. The zero-order valence-corrected chi connectivity index (χ0v) is 19.3. The Kier molecular flexibility index (Phi) is 6.20. The highest BCUT2D eigenvalue weighted by atomic mass is 32.2. The summed E-state index contributed by atoms with van der Waals surface area (Å²) < 4.78 is 29.5. The van der Waals surface area contributed by atoms with Gasteiger partial charge in [0.1, 0.15) is 11.6 Å². The molecule has 8 nitrogen and oxygen atoms in total. The highest BCUT2D eigenvalue weighted by molar-refractivity contribution is 8.16. The number of nitrogens with zero attached hydrogens (tertiary/aromatic N) is 2. The van der Waals surface area contributed by atoms with Crippen LogP contribution in [-0.4, -0.2) is 60.0 Å². The van der Waals surface area contributed by atoms with Crippen LogP contribution in [0.5, 0.6) is 0 Å². The molecule has 2 saturated heterocycles. The van der Waals surface area contributed by atoms with Gasteiger partial charge in [0, 0.05) is 10.9 Å². The molecule has 164 valence electrons. The molecule has 0 saturated carbocycles. The van der Waals surface area contributed by atoms with E-state index in [1.807, 2.05) is 36.1 Å². The van der Waals surface area contributed by atoms with Crippen molar-refractivity contribution < 1.29 is 22.7 Å². The lowest BCUT2D eigenvalue weighted by Crippen LogP contribution is -2.42. The van der Waals surface area contributed by atoms with Crippen molar-refractivity contribution in [1.82, 2.24) is 5.32 Å². The lowest BCUT2D eigenvalue weighted by atomic mass is 10.1. The van der Waals surface area contributed by atoms with Crippen LogP contribution in [0.2, 0.25) is 0 Å². The van der Waals surface area contributed by atoms with E-state index < -0.39 is 33.5 Å². The summed E-state index contributed by atoms with van der Waals surface area (Å²) in [5.41, 5.74) is 1.19. The van der Waals surface area contributed by atoms with Crippen LogP contribution < -0.4 is 10.2 Å². The van der Waals surface area contributed by atoms with Crippen LogP contribution in [0.15, 0.2) is 29.3 Å². The minimum absolute atomic E-state index is 0.0253. The molecular formula is C20H27N3O5S2. The van der Waals surface area contributed by atoms with Gasteiger partial charge in [-0.2, -0.15) is 4.99 Å². The fraction of sp³-hybridized carbons (Fsp3) is 0.550. The zero-order chi connectivity index (χ0) is 22.3. The van der Waals surface area contributed by atoms with E-state index in [-0.39, 0.29) is 22.8 Å². The number of alkyl carbamates (subject to hydrolysis) is 1. The van der Waals surface area contributed by atoms with Crippen LogP contribution in [0, 0.1) is 6.92 Å². The molecule has 2 aliphatic heterocycles. The van der Waals surface area contributed by atoms with Gasteiger partial charge in [0.25, 0.3) is 5.91 Å². The smallest absolute Gasteiger partial charge is 0.408 e. The number of benzene rings is 1. The summed E-state index contributed by atoms with van der Waals surface area (Å²) in [6.45, 7) is 8.72. The Morgan fingerprint density at radius 1 is 1.23 bits per heavy atom. The number of amides is 2. The first-order valence-corrected chi connectivity index (χ1v) is 12.4. The topological polar surface area (TPSA) is 105 Å². The largest absolute Gasteiger partial charge is 0.444 e. The van der Waals surface area contributed by atoms with Crippen molar-refractivity contribution >= 4 is 44.5 Å². The second-order valence-electron chi connectivity index (χ2n) is 8.61. The maximum Gasteiger partial charge on any atom is 0.408 e. The molecule has 2 amide bonds. The monoisotopic (exact) mass is 453 g/mol. The first-order valence-electron chi connectivity index (χ1n) is 9.70. The number of hydrogen-bond acceptors (Lipinski definition) is 6. The number of aliphatic imine (C=N–C) groups is 1. The average Bonchev–Trinajstić information content (AvgIpc) is 3.04.